The average molecular weight is 305 g/mol. The SMILES string of the molecule is Cc1nc2c(s1)C(NC1CCN(C3CCCC3)C1)CCC2. The van der Waals surface area contributed by atoms with Crippen LogP contribution in [0.1, 0.15) is 66.6 Å². The molecule has 21 heavy (non-hydrogen) atoms. The molecule has 0 amide bonds. The van der Waals surface area contributed by atoms with Gasteiger partial charge in [-0.05, 0) is 45.4 Å². The molecule has 2 atom stereocenters. The number of fused-ring (bicyclic) bond motifs is 1. The number of hydrogen-bond acceptors (Lipinski definition) is 4. The second kappa shape index (κ2) is 5.98. The molecule has 0 radical (unpaired) electrons. The summed E-state index contributed by atoms with van der Waals surface area (Å²) in [6.07, 6.45) is 10.9. The van der Waals surface area contributed by atoms with Crippen LogP contribution < -0.4 is 5.32 Å². The van der Waals surface area contributed by atoms with E-state index in [0.717, 1.165) is 6.04 Å². The Kier molecular flexibility index (Phi) is 4.03. The maximum atomic E-state index is 4.72. The Morgan fingerprint density at radius 1 is 1.14 bits per heavy atom. The van der Waals surface area contributed by atoms with Crippen molar-refractivity contribution in [2.24, 2.45) is 0 Å². The van der Waals surface area contributed by atoms with Crippen molar-refractivity contribution >= 4 is 11.3 Å². The number of aryl methyl sites for hydroxylation is 2. The Balaban J connectivity index is 1.39. The molecule has 1 saturated heterocycles. The molecule has 4 rings (SSSR count). The van der Waals surface area contributed by atoms with Crippen LogP contribution in [-0.4, -0.2) is 35.1 Å². The number of rotatable bonds is 3. The quantitative estimate of drug-likeness (QED) is 0.927. The van der Waals surface area contributed by atoms with Crippen molar-refractivity contribution in [2.45, 2.75) is 76.4 Å². The van der Waals surface area contributed by atoms with Gasteiger partial charge < -0.3 is 5.32 Å². The molecule has 0 spiro atoms. The highest BCUT2D eigenvalue weighted by molar-refractivity contribution is 7.11. The van der Waals surface area contributed by atoms with Crippen molar-refractivity contribution < 1.29 is 0 Å². The topological polar surface area (TPSA) is 28.2 Å². The van der Waals surface area contributed by atoms with Gasteiger partial charge in [-0.2, -0.15) is 0 Å². The van der Waals surface area contributed by atoms with Gasteiger partial charge in [0.05, 0.1) is 10.7 Å². The van der Waals surface area contributed by atoms with Crippen molar-refractivity contribution in [2.75, 3.05) is 13.1 Å². The number of thiazole rings is 1. The molecule has 1 aromatic rings. The number of aromatic nitrogens is 1. The summed E-state index contributed by atoms with van der Waals surface area (Å²) in [5, 5.41) is 5.21. The third kappa shape index (κ3) is 2.90. The van der Waals surface area contributed by atoms with Crippen molar-refractivity contribution in [3.63, 3.8) is 0 Å². The molecule has 3 nitrogen and oxygen atoms in total. The van der Waals surface area contributed by atoms with E-state index in [9.17, 15) is 0 Å². The molecule has 0 bridgehead atoms. The largest absolute Gasteiger partial charge is 0.305 e. The molecular formula is C17H27N3S. The third-order valence-corrected chi connectivity index (χ3v) is 6.68. The third-order valence-electron chi connectivity index (χ3n) is 5.56. The maximum absolute atomic E-state index is 4.72. The lowest BCUT2D eigenvalue weighted by molar-refractivity contribution is 0.237. The summed E-state index contributed by atoms with van der Waals surface area (Å²) in [7, 11) is 0. The molecule has 2 heterocycles. The van der Waals surface area contributed by atoms with Gasteiger partial charge in [-0.15, -0.1) is 11.3 Å². The lowest BCUT2D eigenvalue weighted by Crippen LogP contribution is -2.38. The maximum Gasteiger partial charge on any atom is 0.0900 e. The first-order valence-corrected chi connectivity index (χ1v) is 9.57. The van der Waals surface area contributed by atoms with Crippen LogP contribution in [0.25, 0.3) is 0 Å². The van der Waals surface area contributed by atoms with Crippen molar-refractivity contribution in [3.05, 3.63) is 15.6 Å². The number of likely N-dealkylation sites (tertiary alicyclic amines) is 1. The monoisotopic (exact) mass is 305 g/mol. The first-order chi connectivity index (χ1) is 10.3. The second-order valence-electron chi connectivity index (χ2n) is 7.07. The highest BCUT2D eigenvalue weighted by Crippen LogP contribution is 2.35. The van der Waals surface area contributed by atoms with E-state index in [1.165, 1.54) is 80.0 Å². The summed E-state index contributed by atoms with van der Waals surface area (Å²) in [4.78, 5) is 9.02. The van der Waals surface area contributed by atoms with Crippen molar-refractivity contribution in [3.8, 4) is 0 Å². The Morgan fingerprint density at radius 2 is 2.00 bits per heavy atom. The molecule has 116 valence electrons. The summed E-state index contributed by atoms with van der Waals surface area (Å²) in [6.45, 7) is 4.73. The Labute approximate surface area is 132 Å². The van der Waals surface area contributed by atoms with E-state index < -0.39 is 0 Å². The van der Waals surface area contributed by atoms with E-state index in [2.05, 4.69) is 17.1 Å². The van der Waals surface area contributed by atoms with Crippen LogP contribution >= 0.6 is 11.3 Å². The molecule has 2 fully saturated rings. The molecule has 3 aliphatic rings. The van der Waals surface area contributed by atoms with Crippen LogP contribution in [0.3, 0.4) is 0 Å². The highest BCUT2D eigenvalue weighted by atomic mass is 32.1. The minimum Gasteiger partial charge on any atom is -0.305 e. The molecular weight excluding hydrogens is 278 g/mol. The minimum atomic E-state index is 0.577. The lowest BCUT2D eigenvalue weighted by Gasteiger charge is -2.27. The van der Waals surface area contributed by atoms with Crippen LogP contribution in [0, 0.1) is 6.92 Å². The van der Waals surface area contributed by atoms with Crippen LogP contribution in [0.4, 0.5) is 0 Å². The van der Waals surface area contributed by atoms with Gasteiger partial charge in [0.15, 0.2) is 0 Å². The zero-order chi connectivity index (χ0) is 14.2. The predicted molar refractivity (Wildman–Crippen MR) is 87.9 cm³/mol. The first kappa shape index (κ1) is 14.2. The second-order valence-corrected chi connectivity index (χ2v) is 8.31. The summed E-state index contributed by atoms with van der Waals surface area (Å²) in [5.41, 5.74) is 1.38. The van der Waals surface area contributed by atoms with Crippen LogP contribution in [-0.2, 0) is 6.42 Å². The van der Waals surface area contributed by atoms with Gasteiger partial charge in [0.25, 0.3) is 0 Å². The zero-order valence-electron chi connectivity index (χ0n) is 13.1. The molecule has 1 saturated carbocycles. The van der Waals surface area contributed by atoms with E-state index in [4.69, 9.17) is 4.98 Å². The smallest absolute Gasteiger partial charge is 0.0900 e. The molecule has 1 N–H and O–H groups in total. The standard InChI is InChI=1S/C17H27N3S/c1-12-18-15-7-4-8-16(17(15)21-12)19-13-9-10-20(11-13)14-5-2-3-6-14/h13-14,16,19H,2-11H2,1H3. The van der Waals surface area contributed by atoms with Gasteiger partial charge in [0.2, 0.25) is 0 Å². The van der Waals surface area contributed by atoms with E-state index >= 15 is 0 Å². The number of nitrogens with zero attached hydrogens (tertiary/aromatic N) is 2. The van der Waals surface area contributed by atoms with E-state index in [1.807, 2.05) is 11.3 Å². The highest BCUT2D eigenvalue weighted by Gasteiger charge is 2.32. The predicted octanol–water partition coefficient (Wildman–Crippen LogP) is 3.44. The molecule has 0 aromatic carbocycles. The molecule has 2 aliphatic carbocycles. The van der Waals surface area contributed by atoms with Crippen molar-refractivity contribution in [1.82, 2.24) is 15.2 Å². The fourth-order valence-electron chi connectivity index (χ4n) is 4.51. The molecule has 2 unspecified atom stereocenters. The summed E-state index contributed by atoms with van der Waals surface area (Å²) in [6, 6.07) is 2.17. The normalized spacial score (nSPS) is 30.9. The van der Waals surface area contributed by atoms with Gasteiger partial charge >= 0.3 is 0 Å². The van der Waals surface area contributed by atoms with Crippen LogP contribution in [0.5, 0.6) is 0 Å². The average Bonchev–Trinajstić information content (AvgIpc) is 3.16. The summed E-state index contributed by atoms with van der Waals surface area (Å²) < 4.78 is 0. The summed E-state index contributed by atoms with van der Waals surface area (Å²) >= 11 is 1.92. The van der Waals surface area contributed by atoms with Gasteiger partial charge in [0, 0.05) is 36.1 Å². The number of hydrogen-bond donors (Lipinski definition) is 1. The van der Waals surface area contributed by atoms with Gasteiger partial charge in [-0.25, -0.2) is 4.98 Å². The molecule has 4 heteroatoms. The van der Waals surface area contributed by atoms with Gasteiger partial charge in [-0.3, -0.25) is 4.90 Å². The minimum absolute atomic E-state index is 0.577. The number of nitrogens with one attached hydrogen (secondary N) is 1. The fourth-order valence-corrected chi connectivity index (χ4v) is 5.58. The van der Waals surface area contributed by atoms with E-state index in [1.54, 1.807) is 0 Å². The first-order valence-electron chi connectivity index (χ1n) is 8.76. The Morgan fingerprint density at radius 3 is 2.86 bits per heavy atom. The zero-order valence-corrected chi connectivity index (χ0v) is 13.9. The van der Waals surface area contributed by atoms with Crippen LogP contribution in [0.2, 0.25) is 0 Å². The molecule has 1 aliphatic heterocycles. The summed E-state index contributed by atoms with van der Waals surface area (Å²) in [5.74, 6) is 0. The molecule has 1 aromatic heterocycles. The van der Waals surface area contributed by atoms with Gasteiger partial charge in [-0.1, -0.05) is 12.8 Å². The Bertz CT molecular complexity index is 492. The van der Waals surface area contributed by atoms with Gasteiger partial charge in [0.1, 0.15) is 0 Å². The van der Waals surface area contributed by atoms with E-state index in [0.29, 0.717) is 12.1 Å². The van der Waals surface area contributed by atoms with E-state index in [-0.39, 0.29) is 0 Å². The van der Waals surface area contributed by atoms with Crippen molar-refractivity contribution in [1.29, 1.82) is 0 Å². The lowest BCUT2D eigenvalue weighted by atomic mass is 9.97. The fraction of sp³-hybridized carbons (Fsp3) is 0.824. The Hall–Kier alpha value is -0.450. The van der Waals surface area contributed by atoms with Crippen LogP contribution in [0.15, 0.2) is 0 Å².